The molecule has 2 bridgehead atoms. The Balaban J connectivity index is 1.48. The van der Waals surface area contributed by atoms with E-state index in [0.717, 1.165) is 36.8 Å². The van der Waals surface area contributed by atoms with E-state index in [2.05, 4.69) is 25.3 Å². The van der Waals surface area contributed by atoms with Gasteiger partial charge in [0.25, 0.3) is 0 Å². The summed E-state index contributed by atoms with van der Waals surface area (Å²) in [7, 11) is 3.93. The highest BCUT2D eigenvalue weighted by Crippen LogP contribution is 2.47. The molecule has 4 aromatic heterocycles. The number of halogens is 2. The third kappa shape index (κ3) is 4.43. The highest BCUT2D eigenvalue weighted by molar-refractivity contribution is 7.10. The second kappa shape index (κ2) is 9.70. The van der Waals surface area contributed by atoms with Crippen molar-refractivity contribution in [2.75, 3.05) is 19.4 Å². The van der Waals surface area contributed by atoms with Crippen molar-refractivity contribution in [1.82, 2.24) is 24.8 Å². The minimum Gasteiger partial charge on any atom is -0.481 e. The Bertz CT molecular complexity index is 1510. The molecule has 4 heterocycles. The fourth-order valence-electron chi connectivity index (χ4n) is 6.09. The minimum atomic E-state index is -0.865. The molecule has 4 aromatic rings. The molecule has 0 aliphatic heterocycles. The number of aliphatic carboxylic acids is 1. The number of H-pyrrole nitrogens is 1. The van der Waals surface area contributed by atoms with E-state index in [0.29, 0.717) is 28.7 Å². The van der Waals surface area contributed by atoms with Crippen molar-refractivity contribution in [3.63, 3.8) is 0 Å². The Hall–Kier alpha value is -3.44. The number of nitrogens with one attached hydrogen (secondary N) is 2. The van der Waals surface area contributed by atoms with Crippen LogP contribution < -0.4 is 5.32 Å². The fourth-order valence-corrected chi connectivity index (χ4v) is 7.07. The summed E-state index contributed by atoms with van der Waals surface area (Å²) in [6, 6.07) is 2.82. The number of anilines is 1. The number of thiophene rings is 1. The van der Waals surface area contributed by atoms with Crippen molar-refractivity contribution in [3.8, 4) is 22.6 Å². The van der Waals surface area contributed by atoms with Crippen molar-refractivity contribution >= 4 is 34.2 Å². The number of hydrogen-bond acceptors (Lipinski definition) is 7. The number of carboxylic acids is 1. The van der Waals surface area contributed by atoms with Gasteiger partial charge in [-0.05, 0) is 63.7 Å². The van der Waals surface area contributed by atoms with Crippen molar-refractivity contribution < 1.29 is 18.7 Å². The second-order valence-electron chi connectivity index (χ2n) is 10.6. The van der Waals surface area contributed by atoms with E-state index < -0.39 is 29.6 Å². The summed E-state index contributed by atoms with van der Waals surface area (Å²) in [4.78, 5) is 31.5. The van der Waals surface area contributed by atoms with Gasteiger partial charge in [-0.15, -0.1) is 11.3 Å². The van der Waals surface area contributed by atoms with Gasteiger partial charge in [0.15, 0.2) is 17.5 Å². The van der Waals surface area contributed by atoms with E-state index in [1.807, 2.05) is 30.4 Å². The molecule has 3 N–H and O–H groups in total. The predicted octanol–water partition coefficient (Wildman–Crippen LogP) is 5.39. The molecule has 0 radical (unpaired) electrons. The summed E-state index contributed by atoms with van der Waals surface area (Å²) in [5.41, 5.74) is 1.68. The summed E-state index contributed by atoms with van der Waals surface area (Å²) < 4.78 is 30.2. The van der Waals surface area contributed by atoms with Gasteiger partial charge in [0.1, 0.15) is 17.2 Å². The maximum atomic E-state index is 16.1. The molecule has 3 aliphatic rings. The van der Waals surface area contributed by atoms with Crippen LogP contribution in [0.25, 0.3) is 33.7 Å². The number of nitrogens with zero attached hydrogens (tertiary/aromatic N) is 4. The van der Waals surface area contributed by atoms with Gasteiger partial charge in [-0.2, -0.15) is 0 Å². The number of hydrogen-bond donors (Lipinski definition) is 3. The van der Waals surface area contributed by atoms with Crippen molar-refractivity contribution in [2.45, 2.75) is 38.3 Å². The Morgan fingerprint density at radius 3 is 2.68 bits per heavy atom. The molecule has 7 rings (SSSR count). The van der Waals surface area contributed by atoms with Crippen LogP contribution in [0.4, 0.5) is 14.6 Å². The maximum Gasteiger partial charge on any atom is 0.308 e. The average Bonchev–Trinajstić information content (AvgIpc) is 3.52. The van der Waals surface area contributed by atoms with Crippen LogP contribution in [0.15, 0.2) is 29.9 Å². The van der Waals surface area contributed by atoms with E-state index in [-0.39, 0.29) is 29.2 Å². The van der Waals surface area contributed by atoms with Gasteiger partial charge in [-0.1, -0.05) is 0 Å². The lowest BCUT2D eigenvalue weighted by molar-refractivity contribution is -0.148. The topological polar surface area (TPSA) is 107 Å². The van der Waals surface area contributed by atoms with Crippen LogP contribution in [0.2, 0.25) is 0 Å². The summed E-state index contributed by atoms with van der Waals surface area (Å²) in [6.07, 6.45) is 6.31. The molecular weight excluding hydrogens is 510 g/mol. The molecule has 2 unspecified atom stereocenters. The zero-order valence-electron chi connectivity index (χ0n) is 21.0. The van der Waals surface area contributed by atoms with Crippen molar-refractivity contribution in [3.05, 3.63) is 46.4 Å². The Morgan fingerprint density at radius 2 is 1.95 bits per heavy atom. The lowest BCUT2D eigenvalue weighted by Crippen LogP contribution is -2.51. The van der Waals surface area contributed by atoms with Crippen molar-refractivity contribution in [2.24, 2.45) is 17.8 Å². The van der Waals surface area contributed by atoms with Crippen LogP contribution in [0.5, 0.6) is 0 Å². The third-order valence-corrected chi connectivity index (χ3v) is 8.72. The number of aromatic amines is 1. The number of aromatic nitrogens is 4. The largest absolute Gasteiger partial charge is 0.481 e. The smallest absolute Gasteiger partial charge is 0.308 e. The molecule has 2 atom stereocenters. The Labute approximate surface area is 222 Å². The number of pyridine rings is 1. The van der Waals surface area contributed by atoms with Gasteiger partial charge >= 0.3 is 5.97 Å². The third-order valence-electron chi connectivity index (χ3n) is 7.80. The van der Waals surface area contributed by atoms with Gasteiger partial charge in [0, 0.05) is 45.6 Å². The van der Waals surface area contributed by atoms with E-state index >= 15 is 4.39 Å². The maximum absolute atomic E-state index is 16.1. The van der Waals surface area contributed by atoms with Crippen LogP contribution >= 0.6 is 11.3 Å². The molecule has 0 aromatic carbocycles. The van der Waals surface area contributed by atoms with Gasteiger partial charge in [0.05, 0.1) is 12.1 Å². The first-order valence-corrected chi connectivity index (χ1v) is 13.6. The highest BCUT2D eigenvalue weighted by Gasteiger charge is 2.47. The molecule has 3 fully saturated rings. The number of fused-ring (bicyclic) bond motifs is 4. The lowest BCUT2D eigenvalue weighted by Gasteiger charge is -2.47. The van der Waals surface area contributed by atoms with Crippen molar-refractivity contribution in [1.29, 1.82) is 0 Å². The Morgan fingerprint density at radius 1 is 1.18 bits per heavy atom. The van der Waals surface area contributed by atoms with E-state index in [1.54, 1.807) is 6.20 Å². The normalized spacial score (nSPS) is 22.9. The monoisotopic (exact) mass is 538 g/mol. The summed E-state index contributed by atoms with van der Waals surface area (Å²) in [6.45, 7) is 0.703. The summed E-state index contributed by atoms with van der Waals surface area (Å²) >= 11 is 1.51. The molecule has 198 valence electrons. The lowest BCUT2D eigenvalue weighted by atomic mass is 9.61. The molecule has 3 aliphatic carbocycles. The first-order chi connectivity index (χ1) is 18.3. The number of rotatable bonds is 7. The van der Waals surface area contributed by atoms with Crippen LogP contribution in [-0.4, -0.2) is 56.0 Å². The first-order valence-electron chi connectivity index (χ1n) is 12.7. The summed E-state index contributed by atoms with van der Waals surface area (Å²) in [5.74, 6) is -2.25. The van der Waals surface area contributed by atoms with Crippen LogP contribution in [-0.2, 0) is 11.3 Å². The molecule has 0 spiro atoms. The molecule has 0 saturated heterocycles. The molecule has 8 nitrogen and oxygen atoms in total. The van der Waals surface area contributed by atoms with Gasteiger partial charge < -0.3 is 20.3 Å². The molecule has 11 heteroatoms. The standard InChI is InChI=1S/C27H28F2N6O2S/c1-35(2)11-17-7-15(12-38-17)23-21(29)26(32-22-14-5-3-13(4-6-14)20(22)27(36)37)34-25(33-23)19-10-31-24-18(19)8-16(28)9-30-24/h7-10,12-14,20,22H,3-6,11H2,1-2H3,(H,30,31)(H,36,37)(H,32,33,34). The van der Waals surface area contributed by atoms with E-state index in [9.17, 15) is 14.3 Å². The van der Waals surface area contributed by atoms with Crippen LogP contribution in [0.3, 0.4) is 0 Å². The quantitative estimate of drug-likeness (QED) is 0.290. The molecule has 38 heavy (non-hydrogen) atoms. The van der Waals surface area contributed by atoms with Crippen LogP contribution in [0, 0.1) is 29.4 Å². The highest BCUT2D eigenvalue weighted by atomic mass is 32.1. The second-order valence-corrected chi connectivity index (χ2v) is 11.6. The summed E-state index contributed by atoms with van der Waals surface area (Å²) in [5, 5.41) is 15.6. The molecular formula is C27H28F2N6O2S. The van der Waals surface area contributed by atoms with E-state index in [4.69, 9.17) is 0 Å². The van der Waals surface area contributed by atoms with E-state index in [1.165, 1.54) is 17.4 Å². The zero-order chi connectivity index (χ0) is 26.6. The fraction of sp³-hybridized carbons (Fsp3) is 0.407. The SMILES string of the molecule is CN(C)Cc1cc(-c2nc(-c3c[nH]c4ncc(F)cc34)nc(NC3C4CCC(CC4)C3C(=O)O)c2F)cs1. The molecule has 3 saturated carbocycles. The molecule has 0 amide bonds. The minimum absolute atomic E-state index is 0.0344. The first kappa shape index (κ1) is 24.9. The number of carboxylic acid groups (broad SMARTS) is 1. The zero-order valence-corrected chi connectivity index (χ0v) is 21.9. The average molecular weight is 539 g/mol. The van der Waals surface area contributed by atoms with Crippen LogP contribution in [0.1, 0.15) is 30.6 Å². The van der Waals surface area contributed by atoms with Gasteiger partial charge in [-0.3, -0.25) is 4.79 Å². The van der Waals surface area contributed by atoms with Gasteiger partial charge in [0.2, 0.25) is 0 Å². The van der Waals surface area contributed by atoms with Gasteiger partial charge in [-0.25, -0.2) is 23.7 Å². The number of carbonyl (C=O) groups is 1. The predicted molar refractivity (Wildman–Crippen MR) is 142 cm³/mol. The Kier molecular flexibility index (Phi) is 6.35.